The van der Waals surface area contributed by atoms with Crippen LogP contribution in [0.15, 0.2) is 16.6 Å². The lowest BCUT2D eigenvalue weighted by Crippen LogP contribution is -2.06. The molecule has 1 aliphatic rings. The summed E-state index contributed by atoms with van der Waals surface area (Å²) in [5.41, 5.74) is 1.37. The minimum absolute atomic E-state index is 0.296. The molecule has 82 valence electrons. The Balaban J connectivity index is 2.52. The fraction of sp³-hybridized carbons (Fsp3) is 0.455. The molecule has 0 saturated carbocycles. The molecule has 4 heteroatoms. The molecule has 0 aliphatic carbocycles. The summed E-state index contributed by atoms with van der Waals surface area (Å²) in [5, 5.41) is 10.3. The summed E-state index contributed by atoms with van der Waals surface area (Å²) < 4.78 is 14.5. The number of aliphatic hydroxyl groups excluding tert-OH is 1. The van der Waals surface area contributed by atoms with Gasteiger partial charge in [-0.3, -0.25) is 0 Å². The molecule has 1 heterocycles. The normalized spacial score (nSPS) is 25.9. The van der Waals surface area contributed by atoms with E-state index in [9.17, 15) is 9.50 Å². The summed E-state index contributed by atoms with van der Waals surface area (Å²) in [6.07, 6.45) is -0.0621. The Morgan fingerprint density at radius 3 is 3.00 bits per heavy atom. The van der Waals surface area contributed by atoms with Gasteiger partial charge < -0.3 is 5.11 Å². The van der Waals surface area contributed by atoms with E-state index in [1.54, 1.807) is 17.8 Å². The number of hydrogen-bond donors (Lipinski definition) is 1. The highest BCUT2D eigenvalue weighted by Gasteiger charge is 2.25. The van der Waals surface area contributed by atoms with Gasteiger partial charge in [-0.15, -0.1) is 0 Å². The highest BCUT2D eigenvalue weighted by Crippen LogP contribution is 2.39. The van der Waals surface area contributed by atoms with E-state index < -0.39 is 6.10 Å². The van der Waals surface area contributed by atoms with Crippen molar-refractivity contribution in [1.82, 2.24) is 0 Å². The number of fused-ring (bicyclic) bond motifs is 1. The van der Waals surface area contributed by atoms with Crippen molar-refractivity contribution >= 4 is 27.7 Å². The lowest BCUT2D eigenvalue weighted by atomic mass is 10.00. The molecule has 1 aromatic carbocycles. The van der Waals surface area contributed by atoms with Crippen molar-refractivity contribution in [1.29, 1.82) is 0 Å². The van der Waals surface area contributed by atoms with Crippen LogP contribution in [0.25, 0.3) is 0 Å². The Morgan fingerprint density at radius 1 is 1.53 bits per heavy atom. The molecule has 0 saturated heterocycles. The van der Waals surface area contributed by atoms with Crippen LogP contribution >= 0.6 is 27.7 Å². The molecular formula is C11H12BrFOS. The van der Waals surface area contributed by atoms with Crippen LogP contribution in [0.2, 0.25) is 0 Å². The van der Waals surface area contributed by atoms with Gasteiger partial charge in [0.05, 0.1) is 6.10 Å². The molecular weight excluding hydrogens is 279 g/mol. The summed E-state index contributed by atoms with van der Waals surface area (Å²) in [5.74, 6) is 0.460. The molecule has 2 rings (SSSR count). The van der Waals surface area contributed by atoms with Crippen molar-refractivity contribution in [3.05, 3.63) is 33.5 Å². The van der Waals surface area contributed by atoms with Gasteiger partial charge in [0.2, 0.25) is 0 Å². The van der Waals surface area contributed by atoms with Crippen LogP contribution in [-0.4, -0.2) is 10.4 Å². The Hall–Kier alpha value is -0.0600. The molecule has 1 unspecified atom stereocenters. The van der Waals surface area contributed by atoms with E-state index in [0.717, 1.165) is 15.8 Å². The zero-order valence-corrected chi connectivity index (χ0v) is 10.7. The zero-order valence-electron chi connectivity index (χ0n) is 8.34. The van der Waals surface area contributed by atoms with Crippen LogP contribution in [-0.2, 0) is 5.75 Å². The number of thioether (sulfide) groups is 1. The second-order valence-corrected chi connectivity index (χ2v) is 6.08. The SMILES string of the molecule is CC1C[C@@H](O)c2c(F)ccc(Br)c2CS1. The van der Waals surface area contributed by atoms with Crippen molar-refractivity contribution in [2.24, 2.45) is 0 Å². The predicted octanol–water partition coefficient (Wildman–Crippen LogP) is 3.65. The van der Waals surface area contributed by atoms with Crippen molar-refractivity contribution in [2.45, 2.75) is 30.5 Å². The van der Waals surface area contributed by atoms with Gasteiger partial charge in [0.15, 0.2) is 0 Å². The van der Waals surface area contributed by atoms with Crippen LogP contribution < -0.4 is 0 Å². The Kier molecular flexibility index (Phi) is 3.38. The van der Waals surface area contributed by atoms with Crippen LogP contribution in [0.5, 0.6) is 0 Å². The van der Waals surface area contributed by atoms with Crippen LogP contribution in [0, 0.1) is 5.82 Å². The van der Waals surface area contributed by atoms with E-state index in [1.165, 1.54) is 6.07 Å². The standard InChI is InChI=1S/C11H12BrFOS/c1-6-4-10(14)11-7(5-15-6)8(12)2-3-9(11)13/h2-3,6,10,14H,4-5H2,1H3/t6?,10-/m1/s1. The molecule has 0 fully saturated rings. The van der Waals surface area contributed by atoms with Crippen molar-refractivity contribution < 1.29 is 9.50 Å². The number of rotatable bonds is 0. The van der Waals surface area contributed by atoms with Gasteiger partial charge in [0.1, 0.15) is 5.82 Å². The third kappa shape index (κ3) is 2.22. The number of benzene rings is 1. The topological polar surface area (TPSA) is 20.2 Å². The molecule has 0 radical (unpaired) electrons. The van der Waals surface area contributed by atoms with Gasteiger partial charge in [-0.2, -0.15) is 11.8 Å². The molecule has 0 aromatic heterocycles. The van der Waals surface area contributed by atoms with Gasteiger partial charge in [0, 0.05) is 21.0 Å². The first-order valence-electron chi connectivity index (χ1n) is 4.86. The van der Waals surface area contributed by atoms with E-state index in [2.05, 4.69) is 22.9 Å². The van der Waals surface area contributed by atoms with Crippen LogP contribution in [0.3, 0.4) is 0 Å². The van der Waals surface area contributed by atoms with Crippen LogP contribution in [0.1, 0.15) is 30.6 Å². The average molecular weight is 291 g/mol. The molecule has 0 bridgehead atoms. The first-order chi connectivity index (χ1) is 7.09. The Morgan fingerprint density at radius 2 is 2.27 bits per heavy atom. The maximum Gasteiger partial charge on any atom is 0.129 e. The zero-order chi connectivity index (χ0) is 11.0. The molecule has 1 N–H and O–H groups in total. The maximum absolute atomic E-state index is 13.6. The highest BCUT2D eigenvalue weighted by atomic mass is 79.9. The first kappa shape index (κ1) is 11.4. The fourth-order valence-electron chi connectivity index (χ4n) is 1.84. The third-order valence-corrected chi connectivity index (χ3v) is 4.61. The summed E-state index contributed by atoms with van der Waals surface area (Å²) in [6, 6.07) is 3.12. The highest BCUT2D eigenvalue weighted by molar-refractivity contribution is 9.10. The minimum atomic E-state index is -0.678. The molecule has 2 atom stereocenters. The molecule has 1 nitrogen and oxygen atoms in total. The first-order valence-corrected chi connectivity index (χ1v) is 6.70. The van der Waals surface area contributed by atoms with Gasteiger partial charge in [-0.25, -0.2) is 4.39 Å². The number of halogens is 2. The summed E-state index contributed by atoms with van der Waals surface area (Å²) in [6.45, 7) is 2.06. The van der Waals surface area contributed by atoms with E-state index in [0.29, 0.717) is 17.2 Å². The number of hydrogen-bond acceptors (Lipinski definition) is 2. The Bertz CT molecular complexity index is 383. The molecule has 0 amide bonds. The smallest absolute Gasteiger partial charge is 0.129 e. The second kappa shape index (κ2) is 4.44. The molecule has 1 aliphatic heterocycles. The van der Waals surface area contributed by atoms with Crippen molar-refractivity contribution in [2.75, 3.05) is 0 Å². The lowest BCUT2D eigenvalue weighted by Gasteiger charge is -2.14. The van der Waals surface area contributed by atoms with E-state index in [1.807, 2.05) is 0 Å². The number of aliphatic hydroxyl groups is 1. The maximum atomic E-state index is 13.6. The van der Waals surface area contributed by atoms with Gasteiger partial charge in [-0.05, 0) is 24.1 Å². The minimum Gasteiger partial charge on any atom is -0.388 e. The van der Waals surface area contributed by atoms with E-state index in [4.69, 9.17) is 0 Å². The summed E-state index contributed by atoms with van der Waals surface area (Å²) in [4.78, 5) is 0. The molecule has 1 aromatic rings. The summed E-state index contributed by atoms with van der Waals surface area (Å²) >= 11 is 5.16. The average Bonchev–Trinajstić information content (AvgIpc) is 2.32. The van der Waals surface area contributed by atoms with E-state index >= 15 is 0 Å². The lowest BCUT2D eigenvalue weighted by molar-refractivity contribution is 0.163. The van der Waals surface area contributed by atoms with Crippen molar-refractivity contribution in [3.8, 4) is 0 Å². The largest absolute Gasteiger partial charge is 0.388 e. The monoisotopic (exact) mass is 290 g/mol. The van der Waals surface area contributed by atoms with Crippen LogP contribution in [0.4, 0.5) is 4.39 Å². The van der Waals surface area contributed by atoms with Gasteiger partial charge in [-0.1, -0.05) is 22.9 Å². The molecule has 15 heavy (non-hydrogen) atoms. The van der Waals surface area contributed by atoms with Gasteiger partial charge >= 0.3 is 0 Å². The third-order valence-electron chi connectivity index (χ3n) is 2.65. The Labute approximate surface area is 101 Å². The molecule has 0 spiro atoms. The van der Waals surface area contributed by atoms with Crippen molar-refractivity contribution in [3.63, 3.8) is 0 Å². The predicted molar refractivity (Wildman–Crippen MR) is 64.4 cm³/mol. The quantitative estimate of drug-likeness (QED) is 0.787. The van der Waals surface area contributed by atoms with E-state index in [-0.39, 0.29) is 5.82 Å². The fourth-order valence-corrected chi connectivity index (χ4v) is 3.59. The second-order valence-electron chi connectivity index (χ2n) is 3.79. The summed E-state index contributed by atoms with van der Waals surface area (Å²) in [7, 11) is 0. The van der Waals surface area contributed by atoms with Gasteiger partial charge in [0.25, 0.3) is 0 Å².